The Bertz CT molecular complexity index is 426. The Morgan fingerprint density at radius 1 is 1.30 bits per heavy atom. The Morgan fingerprint density at radius 2 is 2.00 bits per heavy atom. The minimum Gasteiger partial charge on any atom is -0.371 e. The Kier molecular flexibility index (Phi) is 5.70. The molecule has 2 N–H and O–H groups in total. The van der Waals surface area contributed by atoms with Crippen LogP contribution in [0.3, 0.4) is 0 Å². The first-order valence-electron chi connectivity index (χ1n) is 7.48. The lowest BCUT2D eigenvalue weighted by atomic mass is 9.95. The molecule has 2 rings (SSSR count). The van der Waals surface area contributed by atoms with Gasteiger partial charge in [-0.15, -0.1) is 0 Å². The van der Waals surface area contributed by atoms with E-state index in [9.17, 15) is 0 Å². The molecule has 1 heterocycles. The zero-order valence-electron chi connectivity index (χ0n) is 12.6. The maximum absolute atomic E-state index is 6.17. The van der Waals surface area contributed by atoms with E-state index in [2.05, 4.69) is 36.0 Å². The van der Waals surface area contributed by atoms with Crippen molar-refractivity contribution in [2.45, 2.75) is 19.3 Å². The summed E-state index contributed by atoms with van der Waals surface area (Å²) in [4.78, 5) is 4.77. The van der Waals surface area contributed by atoms with Crippen molar-refractivity contribution < 1.29 is 0 Å². The highest BCUT2D eigenvalue weighted by molar-refractivity contribution is 6.30. The van der Waals surface area contributed by atoms with Crippen molar-refractivity contribution in [3.63, 3.8) is 0 Å². The van der Waals surface area contributed by atoms with Crippen molar-refractivity contribution in [2.24, 2.45) is 11.7 Å². The topological polar surface area (TPSA) is 32.5 Å². The van der Waals surface area contributed by atoms with Gasteiger partial charge in [0.05, 0.1) is 0 Å². The van der Waals surface area contributed by atoms with Gasteiger partial charge < -0.3 is 15.5 Å². The van der Waals surface area contributed by atoms with Gasteiger partial charge in [0.25, 0.3) is 0 Å². The third-order valence-electron chi connectivity index (χ3n) is 4.04. The molecular formula is C16H26ClN3. The van der Waals surface area contributed by atoms with Crippen molar-refractivity contribution >= 4 is 17.3 Å². The van der Waals surface area contributed by atoms with Gasteiger partial charge in [0.15, 0.2) is 0 Å². The monoisotopic (exact) mass is 295 g/mol. The number of anilines is 1. The van der Waals surface area contributed by atoms with Crippen LogP contribution in [0.2, 0.25) is 5.02 Å². The second-order valence-electron chi connectivity index (χ2n) is 6.00. The second-order valence-corrected chi connectivity index (χ2v) is 6.44. The number of rotatable bonds is 5. The molecule has 1 aromatic carbocycles. The van der Waals surface area contributed by atoms with E-state index in [0.29, 0.717) is 6.54 Å². The fraction of sp³-hybridized carbons (Fsp3) is 0.625. The predicted molar refractivity (Wildman–Crippen MR) is 87.7 cm³/mol. The zero-order chi connectivity index (χ0) is 14.5. The minimum atomic E-state index is 0.686. The Hall–Kier alpha value is -0.770. The summed E-state index contributed by atoms with van der Waals surface area (Å²) in [6, 6.07) is 6.18. The van der Waals surface area contributed by atoms with Crippen LogP contribution in [0.4, 0.5) is 5.69 Å². The summed E-state index contributed by atoms with van der Waals surface area (Å²) in [6.45, 7) is 4.12. The number of nitrogens with zero attached hydrogens (tertiary/aromatic N) is 2. The minimum absolute atomic E-state index is 0.686. The number of hydrogen-bond acceptors (Lipinski definition) is 3. The number of piperidine rings is 1. The van der Waals surface area contributed by atoms with E-state index in [1.165, 1.54) is 30.6 Å². The van der Waals surface area contributed by atoms with Gasteiger partial charge in [0.1, 0.15) is 0 Å². The second kappa shape index (κ2) is 7.30. The number of benzene rings is 1. The average molecular weight is 296 g/mol. The van der Waals surface area contributed by atoms with Crippen molar-refractivity contribution in [2.75, 3.05) is 45.2 Å². The molecule has 1 aliphatic rings. The fourth-order valence-corrected chi connectivity index (χ4v) is 3.24. The molecule has 1 aliphatic heterocycles. The molecule has 0 amide bonds. The molecule has 3 nitrogen and oxygen atoms in total. The molecule has 1 aromatic rings. The van der Waals surface area contributed by atoms with Gasteiger partial charge in [-0.25, -0.2) is 0 Å². The molecule has 1 fully saturated rings. The summed E-state index contributed by atoms with van der Waals surface area (Å²) < 4.78 is 0. The summed E-state index contributed by atoms with van der Waals surface area (Å²) >= 11 is 6.17. The van der Waals surface area contributed by atoms with Crippen molar-refractivity contribution in [1.29, 1.82) is 0 Å². The van der Waals surface area contributed by atoms with E-state index in [0.717, 1.165) is 30.5 Å². The van der Waals surface area contributed by atoms with E-state index in [4.69, 9.17) is 17.3 Å². The summed E-state index contributed by atoms with van der Waals surface area (Å²) in [5, 5.41) is 0.816. The molecule has 112 valence electrons. The zero-order valence-corrected chi connectivity index (χ0v) is 13.4. The van der Waals surface area contributed by atoms with Gasteiger partial charge in [-0.2, -0.15) is 0 Å². The molecule has 0 aliphatic carbocycles. The summed E-state index contributed by atoms with van der Waals surface area (Å²) in [6.07, 6.45) is 3.43. The Labute approximate surface area is 127 Å². The van der Waals surface area contributed by atoms with Gasteiger partial charge in [0.2, 0.25) is 0 Å². The smallest absolute Gasteiger partial charge is 0.0426 e. The Morgan fingerprint density at radius 3 is 2.60 bits per heavy atom. The van der Waals surface area contributed by atoms with Crippen molar-refractivity contribution in [3.8, 4) is 0 Å². The highest BCUT2D eigenvalue weighted by atomic mass is 35.5. The molecule has 0 atom stereocenters. The molecule has 1 saturated heterocycles. The summed E-state index contributed by atoms with van der Waals surface area (Å²) in [5.74, 6) is 0.818. The maximum atomic E-state index is 6.17. The van der Waals surface area contributed by atoms with Crippen molar-refractivity contribution in [3.05, 3.63) is 28.8 Å². The van der Waals surface area contributed by atoms with Gasteiger partial charge in [0, 0.05) is 30.3 Å². The molecule has 0 unspecified atom stereocenters. The van der Waals surface area contributed by atoms with Crippen LogP contribution in [0.1, 0.15) is 18.4 Å². The van der Waals surface area contributed by atoms with Crippen LogP contribution in [-0.4, -0.2) is 45.2 Å². The number of hydrogen-bond donors (Lipinski definition) is 1. The molecular weight excluding hydrogens is 270 g/mol. The highest BCUT2D eigenvalue weighted by Gasteiger charge is 2.21. The normalized spacial score (nSPS) is 16.9. The fourth-order valence-electron chi connectivity index (χ4n) is 3.07. The number of nitrogens with two attached hydrogens (primary N) is 1. The third-order valence-corrected chi connectivity index (χ3v) is 4.27. The molecule has 0 radical (unpaired) electrons. The predicted octanol–water partition coefficient (Wildman–Crippen LogP) is 2.62. The van der Waals surface area contributed by atoms with E-state index >= 15 is 0 Å². The lowest BCUT2D eigenvalue weighted by Crippen LogP contribution is -2.37. The SMILES string of the molecule is CN(C)CC1CCN(c2cc(Cl)ccc2CCN)CC1. The first-order chi connectivity index (χ1) is 9.60. The molecule has 0 spiro atoms. The van der Waals surface area contributed by atoms with Crippen LogP contribution in [0.5, 0.6) is 0 Å². The lowest BCUT2D eigenvalue weighted by molar-refractivity contribution is 0.285. The summed E-state index contributed by atoms with van der Waals surface area (Å²) in [5.41, 5.74) is 8.32. The van der Waals surface area contributed by atoms with Gasteiger partial charge in [-0.3, -0.25) is 0 Å². The van der Waals surface area contributed by atoms with Gasteiger partial charge in [-0.1, -0.05) is 17.7 Å². The van der Waals surface area contributed by atoms with Gasteiger partial charge >= 0.3 is 0 Å². The van der Waals surface area contributed by atoms with E-state index in [1.54, 1.807) is 0 Å². The highest BCUT2D eigenvalue weighted by Crippen LogP contribution is 2.29. The van der Waals surface area contributed by atoms with Crippen LogP contribution in [-0.2, 0) is 6.42 Å². The largest absolute Gasteiger partial charge is 0.371 e. The number of halogens is 1. The molecule has 0 bridgehead atoms. The van der Waals surface area contributed by atoms with Crippen LogP contribution >= 0.6 is 11.6 Å². The Balaban J connectivity index is 2.04. The van der Waals surface area contributed by atoms with Crippen LogP contribution in [0.25, 0.3) is 0 Å². The molecule has 4 heteroatoms. The molecule has 20 heavy (non-hydrogen) atoms. The van der Waals surface area contributed by atoms with Crippen LogP contribution in [0, 0.1) is 5.92 Å². The first kappa shape index (κ1) is 15.6. The van der Waals surface area contributed by atoms with Gasteiger partial charge in [-0.05, 0) is 63.5 Å². The van der Waals surface area contributed by atoms with E-state index in [-0.39, 0.29) is 0 Å². The molecule has 0 aromatic heterocycles. The third kappa shape index (κ3) is 4.11. The average Bonchev–Trinajstić information content (AvgIpc) is 2.41. The van der Waals surface area contributed by atoms with Crippen LogP contribution < -0.4 is 10.6 Å². The lowest BCUT2D eigenvalue weighted by Gasteiger charge is -2.35. The molecule has 0 saturated carbocycles. The van der Waals surface area contributed by atoms with E-state index in [1.807, 2.05) is 6.07 Å². The maximum Gasteiger partial charge on any atom is 0.0426 e. The van der Waals surface area contributed by atoms with E-state index < -0.39 is 0 Å². The van der Waals surface area contributed by atoms with Crippen LogP contribution in [0.15, 0.2) is 18.2 Å². The van der Waals surface area contributed by atoms with Crippen molar-refractivity contribution in [1.82, 2.24) is 4.90 Å². The standard InChI is InChI=1S/C16H26ClN3/c1-19(2)12-13-6-9-20(10-7-13)16-11-15(17)4-3-14(16)5-8-18/h3-4,11,13H,5-10,12,18H2,1-2H3. The summed E-state index contributed by atoms with van der Waals surface area (Å²) in [7, 11) is 4.31. The quantitative estimate of drug-likeness (QED) is 0.906. The first-order valence-corrected chi connectivity index (χ1v) is 7.86.